The van der Waals surface area contributed by atoms with Crippen molar-refractivity contribution in [3.05, 3.63) is 35.4 Å². The summed E-state index contributed by atoms with van der Waals surface area (Å²) in [5.41, 5.74) is 1.66. The number of rotatable bonds is 6. The van der Waals surface area contributed by atoms with E-state index in [0.29, 0.717) is 17.9 Å². The van der Waals surface area contributed by atoms with Gasteiger partial charge in [0.05, 0.1) is 7.11 Å². The van der Waals surface area contributed by atoms with Gasteiger partial charge >= 0.3 is 5.97 Å². The van der Waals surface area contributed by atoms with Crippen molar-refractivity contribution < 1.29 is 14.3 Å². The molecule has 4 nitrogen and oxygen atoms in total. The molecular formula is C16H23NO3. The molecule has 20 heavy (non-hydrogen) atoms. The zero-order chi connectivity index (χ0) is 15.1. The van der Waals surface area contributed by atoms with Gasteiger partial charge in [-0.3, -0.25) is 4.79 Å². The minimum absolute atomic E-state index is 0.239. The summed E-state index contributed by atoms with van der Waals surface area (Å²) >= 11 is 0. The third-order valence-corrected chi connectivity index (χ3v) is 3.10. The molecule has 0 bridgehead atoms. The maximum atomic E-state index is 12.2. The Hall–Kier alpha value is -1.84. The molecule has 0 saturated heterocycles. The molecule has 0 aliphatic carbocycles. The monoisotopic (exact) mass is 277 g/mol. The Labute approximate surface area is 120 Å². The molecule has 0 aliphatic rings. The maximum Gasteiger partial charge on any atom is 0.328 e. The lowest BCUT2D eigenvalue weighted by Crippen LogP contribution is -2.42. The van der Waals surface area contributed by atoms with Crippen molar-refractivity contribution in [2.24, 2.45) is 5.92 Å². The molecule has 1 atom stereocenters. The molecule has 1 aromatic carbocycles. The van der Waals surface area contributed by atoms with Gasteiger partial charge in [0.2, 0.25) is 0 Å². The Kier molecular flexibility index (Phi) is 6.22. The first kappa shape index (κ1) is 16.2. The van der Waals surface area contributed by atoms with Gasteiger partial charge in [-0.1, -0.05) is 32.9 Å². The van der Waals surface area contributed by atoms with E-state index in [9.17, 15) is 9.59 Å². The quantitative estimate of drug-likeness (QED) is 0.813. The average Bonchev–Trinajstić information content (AvgIpc) is 2.45. The lowest BCUT2D eigenvalue weighted by molar-refractivity contribution is -0.143. The van der Waals surface area contributed by atoms with Gasteiger partial charge in [0.15, 0.2) is 0 Å². The van der Waals surface area contributed by atoms with Gasteiger partial charge in [0.1, 0.15) is 6.04 Å². The Bertz CT molecular complexity index is 469. The van der Waals surface area contributed by atoms with E-state index in [1.807, 2.05) is 39.0 Å². The van der Waals surface area contributed by atoms with E-state index in [2.05, 4.69) is 5.32 Å². The Morgan fingerprint density at radius 2 is 2.00 bits per heavy atom. The van der Waals surface area contributed by atoms with Crippen LogP contribution in [0.1, 0.15) is 43.1 Å². The molecule has 1 aromatic rings. The third kappa shape index (κ3) is 4.68. The van der Waals surface area contributed by atoms with Gasteiger partial charge < -0.3 is 10.1 Å². The highest BCUT2D eigenvalue weighted by Gasteiger charge is 2.23. The molecule has 110 valence electrons. The van der Waals surface area contributed by atoms with Crippen molar-refractivity contribution in [1.82, 2.24) is 5.32 Å². The summed E-state index contributed by atoms with van der Waals surface area (Å²) in [6.45, 7) is 6.03. The minimum atomic E-state index is -0.599. The molecule has 0 radical (unpaired) electrons. The van der Waals surface area contributed by atoms with Crippen LogP contribution in [0.25, 0.3) is 0 Å². The summed E-state index contributed by atoms with van der Waals surface area (Å²) < 4.78 is 4.74. The second kappa shape index (κ2) is 7.68. The van der Waals surface area contributed by atoms with Crippen molar-refractivity contribution in [2.75, 3.05) is 7.11 Å². The van der Waals surface area contributed by atoms with E-state index in [1.54, 1.807) is 6.07 Å². The number of nitrogens with one attached hydrogen (secondary N) is 1. The molecule has 4 heteroatoms. The van der Waals surface area contributed by atoms with Crippen LogP contribution in [0, 0.1) is 5.92 Å². The maximum absolute atomic E-state index is 12.2. The second-order valence-corrected chi connectivity index (χ2v) is 5.23. The number of carbonyl (C=O) groups is 2. The number of ether oxygens (including phenoxy) is 1. The first-order chi connectivity index (χ1) is 9.47. The van der Waals surface area contributed by atoms with Gasteiger partial charge in [0.25, 0.3) is 5.91 Å². The molecule has 0 heterocycles. The smallest absolute Gasteiger partial charge is 0.328 e. The number of hydrogen-bond acceptors (Lipinski definition) is 3. The Balaban J connectivity index is 2.81. The molecular weight excluding hydrogens is 254 g/mol. The fourth-order valence-corrected chi connectivity index (χ4v) is 2.00. The van der Waals surface area contributed by atoms with Crippen LogP contribution < -0.4 is 5.32 Å². The standard InChI is InChI=1S/C16H23NO3/c1-5-12-7-6-8-13(10-12)15(18)17-14(9-11(2)3)16(19)20-4/h6-8,10-11,14H,5,9H2,1-4H3,(H,17,18)/t14-/m0/s1. The summed E-state index contributed by atoms with van der Waals surface area (Å²) in [5.74, 6) is -0.351. The number of aryl methyl sites for hydroxylation is 1. The molecule has 1 rings (SSSR count). The van der Waals surface area contributed by atoms with E-state index in [1.165, 1.54) is 7.11 Å². The predicted octanol–water partition coefficient (Wildman–Crippen LogP) is 2.57. The Morgan fingerprint density at radius 3 is 2.55 bits per heavy atom. The molecule has 1 N–H and O–H groups in total. The zero-order valence-electron chi connectivity index (χ0n) is 12.6. The molecule has 0 fully saturated rings. The number of amides is 1. The highest BCUT2D eigenvalue weighted by molar-refractivity contribution is 5.96. The predicted molar refractivity (Wildman–Crippen MR) is 78.5 cm³/mol. The average molecular weight is 277 g/mol. The summed E-state index contributed by atoms with van der Waals surface area (Å²) in [5, 5.41) is 2.75. The van der Waals surface area contributed by atoms with Crippen LogP contribution in [0.4, 0.5) is 0 Å². The van der Waals surface area contributed by atoms with E-state index >= 15 is 0 Å². The molecule has 0 spiro atoms. The molecule has 0 saturated carbocycles. The van der Waals surface area contributed by atoms with Crippen molar-refractivity contribution in [1.29, 1.82) is 0 Å². The summed E-state index contributed by atoms with van der Waals surface area (Å²) in [6.07, 6.45) is 1.43. The van der Waals surface area contributed by atoms with E-state index in [4.69, 9.17) is 4.74 Å². The molecule has 0 aromatic heterocycles. The van der Waals surface area contributed by atoms with Crippen LogP contribution >= 0.6 is 0 Å². The first-order valence-corrected chi connectivity index (χ1v) is 6.95. The van der Waals surface area contributed by atoms with Gasteiger partial charge in [-0.2, -0.15) is 0 Å². The molecule has 1 amide bonds. The number of benzene rings is 1. The van der Waals surface area contributed by atoms with Crippen LogP contribution in [0.5, 0.6) is 0 Å². The number of hydrogen-bond donors (Lipinski definition) is 1. The fourth-order valence-electron chi connectivity index (χ4n) is 2.00. The highest BCUT2D eigenvalue weighted by Crippen LogP contribution is 2.10. The SMILES string of the molecule is CCc1cccc(C(=O)N[C@@H](CC(C)C)C(=O)OC)c1. The van der Waals surface area contributed by atoms with Crippen molar-refractivity contribution in [3.8, 4) is 0 Å². The van der Waals surface area contributed by atoms with Crippen LogP contribution in [0.15, 0.2) is 24.3 Å². The number of esters is 1. The van der Waals surface area contributed by atoms with Gasteiger partial charge in [0, 0.05) is 5.56 Å². The summed E-state index contributed by atoms with van der Waals surface area (Å²) in [4.78, 5) is 23.9. The minimum Gasteiger partial charge on any atom is -0.467 e. The Morgan fingerprint density at radius 1 is 1.30 bits per heavy atom. The van der Waals surface area contributed by atoms with Gasteiger partial charge in [-0.25, -0.2) is 4.79 Å². The zero-order valence-corrected chi connectivity index (χ0v) is 12.6. The lowest BCUT2D eigenvalue weighted by Gasteiger charge is -2.18. The van der Waals surface area contributed by atoms with Crippen molar-refractivity contribution >= 4 is 11.9 Å². The van der Waals surface area contributed by atoms with Crippen LogP contribution in [0.2, 0.25) is 0 Å². The van der Waals surface area contributed by atoms with Crippen LogP contribution in [0.3, 0.4) is 0 Å². The van der Waals surface area contributed by atoms with Crippen molar-refractivity contribution in [2.45, 2.75) is 39.7 Å². The van der Waals surface area contributed by atoms with Crippen LogP contribution in [-0.4, -0.2) is 25.0 Å². The lowest BCUT2D eigenvalue weighted by atomic mass is 10.0. The largest absolute Gasteiger partial charge is 0.467 e. The second-order valence-electron chi connectivity index (χ2n) is 5.23. The number of methoxy groups -OCH3 is 1. The normalized spacial score (nSPS) is 12.1. The van der Waals surface area contributed by atoms with E-state index < -0.39 is 12.0 Å². The highest BCUT2D eigenvalue weighted by atomic mass is 16.5. The van der Waals surface area contributed by atoms with Gasteiger partial charge in [-0.15, -0.1) is 0 Å². The van der Waals surface area contributed by atoms with Crippen LogP contribution in [-0.2, 0) is 16.0 Å². The van der Waals surface area contributed by atoms with E-state index in [-0.39, 0.29) is 5.91 Å². The summed E-state index contributed by atoms with van der Waals surface area (Å²) in [6, 6.07) is 6.82. The fraction of sp³-hybridized carbons (Fsp3) is 0.500. The third-order valence-electron chi connectivity index (χ3n) is 3.10. The van der Waals surface area contributed by atoms with E-state index in [0.717, 1.165) is 12.0 Å². The summed E-state index contributed by atoms with van der Waals surface area (Å²) in [7, 11) is 1.33. The van der Waals surface area contributed by atoms with Crippen molar-refractivity contribution in [3.63, 3.8) is 0 Å². The first-order valence-electron chi connectivity index (χ1n) is 6.95. The topological polar surface area (TPSA) is 55.4 Å². The number of carbonyl (C=O) groups excluding carboxylic acids is 2. The molecule has 0 unspecified atom stereocenters. The molecule has 0 aliphatic heterocycles. The van der Waals surface area contributed by atoms with Gasteiger partial charge in [-0.05, 0) is 36.5 Å².